The number of methoxy groups -OCH3 is 1. The van der Waals surface area contributed by atoms with Crippen molar-refractivity contribution in [1.29, 1.82) is 0 Å². The van der Waals surface area contributed by atoms with Gasteiger partial charge >= 0.3 is 0 Å². The van der Waals surface area contributed by atoms with Gasteiger partial charge in [0.2, 0.25) is 0 Å². The fraction of sp³-hybridized carbons (Fsp3) is 0.304. The lowest BCUT2D eigenvalue weighted by atomic mass is 9.96. The van der Waals surface area contributed by atoms with Crippen molar-refractivity contribution in [3.63, 3.8) is 0 Å². The van der Waals surface area contributed by atoms with Crippen LogP contribution in [0, 0.1) is 20.8 Å². The quantitative estimate of drug-likeness (QED) is 0.585. The third-order valence-corrected chi connectivity index (χ3v) is 5.45. The molecule has 0 radical (unpaired) electrons. The van der Waals surface area contributed by atoms with Crippen LogP contribution in [-0.2, 0) is 4.79 Å². The number of carbonyl (C=O) groups excluding carboxylic acids is 1. The molecule has 1 heterocycles. The summed E-state index contributed by atoms with van der Waals surface area (Å²) in [4.78, 5) is 14.6. The molecule has 146 valence electrons. The van der Waals surface area contributed by atoms with Gasteiger partial charge in [0.1, 0.15) is 11.4 Å². The molecule has 1 saturated heterocycles. The first kappa shape index (κ1) is 20.1. The normalized spacial score (nSPS) is 15.5. The highest BCUT2D eigenvalue weighted by Gasteiger charge is 2.32. The summed E-state index contributed by atoms with van der Waals surface area (Å²) < 4.78 is 5.51. The summed E-state index contributed by atoms with van der Waals surface area (Å²) in [6.07, 6.45) is 1.87. The average Bonchev–Trinajstić information content (AvgIpc) is 2.92. The Labute approximate surface area is 172 Å². The topological polar surface area (TPSA) is 41.6 Å². The number of hydrogen-bond acceptors (Lipinski definition) is 3. The largest absolute Gasteiger partial charge is 0.496 e. The van der Waals surface area contributed by atoms with Gasteiger partial charge in [-0.05, 0) is 97.1 Å². The molecule has 0 saturated carbocycles. The van der Waals surface area contributed by atoms with Crippen LogP contribution in [0.25, 0.3) is 6.08 Å². The van der Waals surface area contributed by atoms with Crippen molar-refractivity contribution in [2.45, 2.75) is 40.5 Å². The van der Waals surface area contributed by atoms with Gasteiger partial charge in [0.15, 0.2) is 5.11 Å². The minimum atomic E-state index is -0.144. The Morgan fingerprint density at radius 3 is 2.39 bits per heavy atom. The van der Waals surface area contributed by atoms with Crippen LogP contribution in [0.4, 0.5) is 5.69 Å². The molecule has 1 amide bonds. The Balaban J connectivity index is 2.00. The predicted octanol–water partition coefficient (Wildman–Crippen LogP) is 5.01. The summed E-state index contributed by atoms with van der Waals surface area (Å²) in [7, 11) is 1.68. The highest BCUT2D eigenvalue weighted by Crippen LogP contribution is 2.31. The van der Waals surface area contributed by atoms with Crippen LogP contribution >= 0.6 is 12.2 Å². The Hall–Kier alpha value is -2.66. The van der Waals surface area contributed by atoms with Crippen LogP contribution < -0.4 is 15.0 Å². The molecule has 4 nitrogen and oxygen atoms in total. The molecule has 0 aromatic heterocycles. The van der Waals surface area contributed by atoms with Gasteiger partial charge in [-0.15, -0.1) is 0 Å². The maximum absolute atomic E-state index is 13.1. The number of carbonyl (C=O) groups is 1. The number of thiocarbonyl (C=S) groups is 1. The zero-order valence-corrected chi connectivity index (χ0v) is 18.0. The fourth-order valence-electron chi connectivity index (χ4n) is 3.29. The van der Waals surface area contributed by atoms with E-state index in [1.54, 1.807) is 12.0 Å². The minimum Gasteiger partial charge on any atom is -0.496 e. The van der Waals surface area contributed by atoms with E-state index in [-0.39, 0.29) is 5.91 Å². The Morgan fingerprint density at radius 2 is 1.79 bits per heavy atom. The van der Waals surface area contributed by atoms with E-state index in [0.29, 0.717) is 16.7 Å². The van der Waals surface area contributed by atoms with Crippen LogP contribution in [0.1, 0.15) is 47.6 Å². The van der Waals surface area contributed by atoms with Crippen LogP contribution in [0.3, 0.4) is 0 Å². The molecule has 28 heavy (non-hydrogen) atoms. The van der Waals surface area contributed by atoms with Crippen LogP contribution in [0.5, 0.6) is 5.75 Å². The number of ether oxygens (including phenoxy) is 1. The van der Waals surface area contributed by atoms with E-state index in [1.807, 2.05) is 51.1 Å². The van der Waals surface area contributed by atoms with Gasteiger partial charge in [0.05, 0.1) is 12.8 Å². The summed E-state index contributed by atoms with van der Waals surface area (Å²) in [6, 6.07) is 10.0. The lowest BCUT2D eigenvalue weighted by Gasteiger charge is -2.15. The fourth-order valence-corrected chi connectivity index (χ4v) is 3.59. The molecule has 0 bridgehead atoms. The van der Waals surface area contributed by atoms with Crippen molar-refractivity contribution in [3.8, 4) is 5.75 Å². The van der Waals surface area contributed by atoms with E-state index in [9.17, 15) is 4.79 Å². The third-order valence-electron chi connectivity index (χ3n) is 5.17. The zero-order valence-electron chi connectivity index (χ0n) is 17.2. The number of aryl methyl sites for hydroxylation is 3. The lowest BCUT2D eigenvalue weighted by molar-refractivity contribution is -0.113. The zero-order chi connectivity index (χ0) is 20.6. The monoisotopic (exact) mass is 394 g/mol. The molecule has 0 atom stereocenters. The van der Waals surface area contributed by atoms with E-state index in [2.05, 4.69) is 25.2 Å². The lowest BCUT2D eigenvalue weighted by Crippen LogP contribution is -2.30. The van der Waals surface area contributed by atoms with Crippen molar-refractivity contribution in [1.82, 2.24) is 5.32 Å². The smallest absolute Gasteiger partial charge is 0.281 e. The molecule has 1 N–H and O–H groups in total. The van der Waals surface area contributed by atoms with E-state index in [4.69, 9.17) is 17.0 Å². The van der Waals surface area contributed by atoms with Gasteiger partial charge in [0.25, 0.3) is 5.91 Å². The number of hydrogen-bond donors (Lipinski definition) is 1. The van der Waals surface area contributed by atoms with E-state index < -0.39 is 0 Å². The van der Waals surface area contributed by atoms with Crippen molar-refractivity contribution < 1.29 is 9.53 Å². The number of nitrogens with one attached hydrogen (secondary N) is 1. The molecule has 1 fully saturated rings. The molecule has 2 aromatic rings. The first-order valence-electron chi connectivity index (χ1n) is 9.35. The van der Waals surface area contributed by atoms with Crippen molar-refractivity contribution in [2.24, 2.45) is 0 Å². The third kappa shape index (κ3) is 3.67. The van der Waals surface area contributed by atoms with Crippen LogP contribution in [-0.4, -0.2) is 18.1 Å². The van der Waals surface area contributed by atoms with Gasteiger partial charge in [-0.2, -0.15) is 0 Å². The maximum Gasteiger partial charge on any atom is 0.281 e. The molecular formula is C23H26N2O2S. The Bertz CT molecular complexity index is 992. The minimum absolute atomic E-state index is 0.144. The molecular weight excluding hydrogens is 368 g/mol. The van der Waals surface area contributed by atoms with Crippen molar-refractivity contribution in [3.05, 3.63) is 63.8 Å². The number of nitrogens with zero attached hydrogens (tertiary/aromatic N) is 1. The number of amides is 1. The molecule has 1 aliphatic rings. The predicted molar refractivity (Wildman–Crippen MR) is 119 cm³/mol. The second kappa shape index (κ2) is 7.76. The van der Waals surface area contributed by atoms with Gasteiger partial charge in [-0.3, -0.25) is 9.69 Å². The van der Waals surface area contributed by atoms with E-state index in [0.717, 1.165) is 33.7 Å². The number of benzene rings is 2. The standard InChI is InChI=1S/C23H26N2O2S/c1-13(2)19-11-17(16(5)10-21(19)27-6)12-20-22(26)25(23(28)24-20)18-8-7-14(3)15(4)9-18/h7-13H,1-6H3,(H,24,28). The number of anilines is 1. The highest BCUT2D eigenvalue weighted by molar-refractivity contribution is 7.80. The van der Waals surface area contributed by atoms with Gasteiger partial charge in [-0.1, -0.05) is 19.9 Å². The van der Waals surface area contributed by atoms with Crippen molar-refractivity contribution in [2.75, 3.05) is 12.0 Å². The maximum atomic E-state index is 13.1. The summed E-state index contributed by atoms with van der Waals surface area (Å²) in [6.45, 7) is 10.3. The van der Waals surface area contributed by atoms with E-state index >= 15 is 0 Å². The first-order valence-corrected chi connectivity index (χ1v) is 9.76. The van der Waals surface area contributed by atoms with Crippen LogP contribution in [0.15, 0.2) is 36.0 Å². The Morgan fingerprint density at radius 1 is 1.07 bits per heavy atom. The molecule has 3 rings (SSSR count). The summed E-state index contributed by atoms with van der Waals surface area (Å²) in [5.74, 6) is 1.04. The molecule has 0 unspecified atom stereocenters. The average molecular weight is 395 g/mol. The summed E-state index contributed by atoms with van der Waals surface area (Å²) in [5, 5.41) is 3.47. The number of rotatable bonds is 4. The SMILES string of the molecule is COc1cc(C)c(C=C2NC(=S)N(c3ccc(C)c(C)c3)C2=O)cc1C(C)C. The van der Waals surface area contributed by atoms with Gasteiger partial charge < -0.3 is 10.1 Å². The highest BCUT2D eigenvalue weighted by atomic mass is 32.1. The van der Waals surface area contributed by atoms with Gasteiger partial charge in [-0.25, -0.2) is 0 Å². The molecule has 0 spiro atoms. The molecule has 0 aliphatic carbocycles. The molecule has 2 aromatic carbocycles. The Kier molecular flexibility index (Phi) is 5.57. The molecule has 1 aliphatic heterocycles. The van der Waals surface area contributed by atoms with Gasteiger partial charge in [0, 0.05) is 0 Å². The first-order chi connectivity index (χ1) is 13.2. The second-order valence-electron chi connectivity index (χ2n) is 7.50. The summed E-state index contributed by atoms with van der Waals surface area (Å²) in [5.41, 5.74) is 6.69. The second-order valence-corrected chi connectivity index (χ2v) is 7.89. The molecule has 5 heteroatoms. The van der Waals surface area contributed by atoms with E-state index in [1.165, 1.54) is 5.56 Å². The van der Waals surface area contributed by atoms with Crippen molar-refractivity contribution >= 4 is 35.0 Å². The summed E-state index contributed by atoms with van der Waals surface area (Å²) >= 11 is 5.44. The van der Waals surface area contributed by atoms with Crippen LogP contribution in [0.2, 0.25) is 0 Å².